The van der Waals surface area contributed by atoms with Crippen molar-refractivity contribution in [3.05, 3.63) is 65.0 Å². The van der Waals surface area contributed by atoms with Crippen LogP contribution < -0.4 is 10.6 Å². The van der Waals surface area contributed by atoms with Gasteiger partial charge >= 0.3 is 0 Å². The maximum atomic E-state index is 12.8. The Morgan fingerprint density at radius 2 is 2.14 bits per heavy atom. The van der Waals surface area contributed by atoms with Crippen molar-refractivity contribution < 1.29 is 4.79 Å². The summed E-state index contributed by atoms with van der Waals surface area (Å²) < 4.78 is 0. The van der Waals surface area contributed by atoms with E-state index in [1.165, 1.54) is 36.0 Å². The number of hydrogen-bond acceptors (Lipinski definition) is 4. The molecule has 1 amide bonds. The Balaban J connectivity index is 1.39. The summed E-state index contributed by atoms with van der Waals surface area (Å²) in [7, 11) is 0. The minimum absolute atomic E-state index is 0.0273. The molecule has 28 heavy (non-hydrogen) atoms. The molecule has 5 heteroatoms. The fraction of sp³-hybridized carbons (Fsp3) is 0.478. The summed E-state index contributed by atoms with van der Waals surface area (Å²) in [6.07, 6.45) is 8.61. The van der Waals surface area contributed by atoms with Crippen LogP contribution in [0, 0.1) is 0 Å². The van der Waals surface area contributed by atoms with E-state index in [-0.39, 0.29) is 18.0 Å². The highest BCUT2D eigenvalue weighted by atomic mass is 16.2. The van der Waals surface area contributed by atoms with Gasteiger partial charge in [-0.25, -0.2) is 0 Å². The molecule has 1 aromatic carbocycles. The van der Waals surface area contributed by atoms with Crippen molar-refractivity contribution in [2.24, 2.45) is 0 Å². The molecular weight excluding hydrogens is 348 g/mol. The minimum Gasteiger partial charge on any atom is -0.348 e. The third kappa shape index (κ3) is 4.42. The van der Waals surface area contributed by atoms with E-state index in [1.54, 1.807) is 6.20 Å². The highest BCUT2D eigenvalue weighted by molar-refractivity contribution is 5.78. The number of carbonyl (C=O) groups is 1. The predicted octanol–water partition coefficient (Wildman–Crippen LogP) is 2.78. The Kier molecular flexibility index (Phi) is 6.03. The molecule has 1 aliphatic heterocycles. The molecule has 1 saturated heterocycles. The van der Waals surface area contributed by atoms with Crippen molar-refractivity contribution in [2.75, 3.05) is 26.2 Å². The van der Waals surface area contributed by atoms with Gasteiger partial charge in [-0.05, 0) is 60.9 Å². The van der Waals surface area contributed by atoms with Crippen LogP contribution in [0.5, 0.6) is 0 Å². The maximum absolute atomic E-state index is 12.8. The van der Waals surface area contributed by atoms with Crippen LogP contribution in [-0.2, 0) is 17.6 Å². The molecule has 2 aliphatic rings. The number of piperazine rings is 1. The fourth-order valence-corrected chi connectivity index (χ4v) is 4.41. The second kappa shape index (κ2) is 8.84. The van der Waals surface area contributed by atoms with Gasteiger partial charge in [-0.1, -0.05) is 24.3 Å². The Hall–Kier alpha value is -2.24. The first kappa shape index (κ1) is 19.1. The largest absolute Gasteiger partial charge is 0.348 e. The Morgan fingerprint density at radius 1 is 1.29 bits per heavy atom. The van der Waals surface area contributed by atoms with Gasteiger partial charge < -0.3 is 10.6 Å². The number of carbonyl (C=O) groups excluding carboxylic acids is 1. The topological polar surface area (TPSA) is 57.3 Å². The van der Waals surface area contributed by atoms with E-state index < -0.39 is 0 Å². The lowest BCUT2D eigenvalue weighted by Crippen LogP contribution is -2.49. The number of aryl methyl sites for hydroxylation is 2. The summed E-state index contributed by atoms with van der Waals surface area (Å²) in [4.78, 5) is 19.3. The molecule has 2 unspecified atom stereocenters. The molecule has 0 spiro atoms. The van der Waals surface area contributed by atoms with E-state index in [0.29, 0.717) is 6.54 Å². The van der Waals surface area contributed by atoms with Gasteiger partial charge in [0.15, 0.2) is 0 Å². The number of benzene rings is 1. The first-order valence-electron chi connectivity index (χ1n) is 10.5. The molecule has 2 heterocycles. The Morgan fingerprint density at radius 3 is 2.96 bits per heavy atom. The summed E-state index contributed by atoms with van der Waals surface area (Å²) in [5.74, 6) is 0.0843. The van der Waals surface area contributed by atoms with Gasteiger partial charge in [0.2, 0.25) is 5.91 Å². The van der Waals surface area contributed by atoms with E-state index in [9.17, 15) is 4.79 Å². The van der Waals surface area contributed by atoms with Gasteiger partial charge in [-0.2, -0.15) is 0 Å². The maximum Gasteiger partial charge on any atom is 0.234 e. The van der Waals surface area contributed by atoms with Gasteiger partial charge in [0, 0.05) is 38.1 Å². The lowest BCUT2D eigenvalue weighted by Gasteiger charge is -2.36. The van der Waals surface area contributed by atoms with Crippen LogP contribution in [0.25, 0.3) is 0 Å². The second-order valence-electron chi connectivity index (χ2n) is 8.00. The van der Waals surface area contributed by atoms with Crippen molar-refractivity contribution in [1.82, 2.24) is 20.5 Å². The number of nitrogens with one attached hydrogen (secondary N) is 2. The third-order valence-electron chi connectivity index (χ3n) is 6.02. The van der Waals surface area contributed by atoms with Gasteiger partial charge in [-0.3, -0.25) is 14.7 Å². The van der Waals surface area contributed by atoms with Gasteiger partial charge in [0.05, 0.1) is 12.6 Å². The molecule has 1 aromatic heterocycles. The summed E-state index contributed by atoms with van der Waals surface area (Å²) in [6, 6.07) is 11.0. The lowest BCUT2D eigenvalue weighted by atomic mass is 9.89. The molecule has 148 valence electrons. The van der Waals surface area contributed by atoms with E-state index in [1.807, 2.05) is 12.3 Å². The first-order chi connectivity index (χ1) is 13.7. The zero-order chi connectivity index (χ0) is 19.3. The van der Waals surface area contributed by atoms with Crippen LogP contribution in [-0.4, -0.2) is 42.0 Å². The highest BCUT2D eigenvalue weighted by Crippen LogP contribution is 2.25. The number of aromatic nitrogens is 1. The Labute approximate surface area is 167 Å². The van der Waals surface area contributed by atoms with Crippen LogP contribution in [0.15, 0.2) is 42.7 Å². The summed E-state index contributed by atoms with van der Waals surface area (Å²) in [5, 5.41) is 6.64. The van der Waals surface area contributed by atoms with Crippen LogP contribution in [0.4, 0.5) is 0 Å². The lowest BCUT2D eigenvalue weighted by molar-refractivity contribution is -0.123. The van der Waals surface area contributed by atoms with E-state index in [0.717, 1.165) is 31.6 Å². The smallest absolute Gasteiger partial charge is 0.234 e. The highest BCUT2D eigenvalue weighted by Gasteiger charge is 2.26. The van der Waals surface area contributed by atoms with E-state index in [2.05, 4.69) is 51.7 Å². The fourth-order valence-electron chi connectivity index (χ4n) is 4.41. The SMILES string of the molecule is CC(NC(=O)CN1CCNCC1c1cccnc1)c1ccc2c(c1)CCCC2. The number of rotatable bonds is 5. The predicted molar refractivity (Wildman–Crippen MR) is 111 cm³/mol. The van der Waals surface area contributed by atoms with Gasteiger partial charge in [-0.15, -0.1) is 0 Å². The first-order valence-corrected chi connectivity index (χ1v) is 10.5. The van der Waals surface area contributed by atoms with Crippen LogP contribution in [0.2, 0.25) is 0 Å². The Bertz CT molecular complexity index is 808. The normalized spacial score (nSPS) is 21.0. The molecular formula is C23H30N4O. The second-order valence-corrected chi connectivity index (χ2v) is 8.00. The molecule has 0 bridgehead atoms. The quantitative estimate of drug-likeness (QED) is 0.840. The van der Waals surface area contributed by atoms with Gasteiger partial charge in [0.1, 0.15) is 0 Å². The van der Waals surface area contributed by atoms with E-state index >= 15 is 0 Å². The minimum atomic E-state index is 0.0273. The van der Waals surface area contributed by atoms with Crippen LogP contribution >= 0.6 is 0 Å². The summed E-state index contributed by atoms with van der Waals surface area (Å²) >= 11 is 0. The zero-order valence-corrected chi connectivity index (χ0v) is 16.7. The van der Waals surface area contributed by atoms with Crippen molar-refractivity contribution in [1.29, 1.82) is 0 Å². The molecule has 1 aliphatic carbocycles. The molecule has 1 fully saturated rings. The number of amides is 1. The van der Waals surface area contributed by atoms with Gasteiger partial charge in [0.25, 0.3) is 0 Å². The molecule has 0 saturated carbocycles. The third-order valence-corrected chi connectivity index (χ3v) is 6.02. The monoisotopic (exact) mass is 378 g/mol. The molecule has 2 aromatic rings. The van der Waals surface area contributed by atoms with Crippen molar-refractivity contribution in [2.45, 2.75) is 44.7 Å². The molecule has 4 rings (SSSR count). The van der Waals surface area contributed by atoms with Crippen LogP contribution in [0.1, 0.15) is 54.1 Å². The van der Waals surface area contributed by atoms with Crippen molar-refractivity contribution >= 4 is 5.91 Å². The molecule has 0 radical (unpaired) electrons. The van der Waals surface area contributed by atoms with Crippen molar-refractivity contribution in [3.63, 3.8) is 0 Å². The van der Waals surface area contributed by atoms with Crippen molar-refractivity contribution in [3.8, 4) is 0 Å². The average Bonchev–Trinajstić information content (AvgIpc) is 2.74. The zero-order valence-electron chi connectivity index (χ0n) is 16.7. The standard InChI is InChI=1S/C23H30N4O/c1-17(19-9-8-18-5-2-3-6-20(18)13-19)26-23(28)16-27-12-11-25-15-22(27)21-7-4-10-24-14-21/h4,7-10,13-14,17,22,25H,2-3,5-6,11-12,15-16H2,1H3,(H,26,28). The number of nitrogens with zero attached hydrogens (tertiary/aromatic N) is 2. The molecule has 2 atom stereocenters. The average molecular weight is 379 g/mol. The number of fused-ring (bicyclic) bond motifs is 1. The molecule has 2 N–H and O–H groups in total. The molecule has 5 nitrogen and oxygen atoms in total. The number of hydrogen-bond donors (Lipinski definition) is 2. The summed E-state index contributed by atoms with van der Waals surface area (Å²) in [5.41, 5.74) is 5.31. The van der Waals surface area contributed by atoms with E-state index in [4.69, 9.17) is 0 Å². The summed E-state index contributed by atoms with van der Waals surface area (Å²) in [6.45, 7) is 5.11. The van der Waals surface area contributed by atoms with Crippen LogP contribution in [0.3, 0.4) is 0 Å². The number of pyridine rings is 1.